The second-order valence-corrected chi connectivity index (χ2v) is 9.93. The van der Waals surface area contributed by atoms with Gasteiger partial charge in [-0.15, -0.1) is 10.2 Å². The van der Waals surface area contributed by atoms with Gasteiger partial charge in [-0.3, -0.25) is 19.2 Å². The van der Waals surface area contributed by atoms with Gasteiger partial charge in [-0.25, -0.2) is 0 Å². The molecule has 6 nitrogen and oxygen atoms in total. The third kappa shape index (κ3) is 4.82. The molecule has 1 fully saturated rings. The van der Waals surface area contributed by atoms with Crippen molar-refractivity contribution in [3.05, 3.63) is 5.01 Å². The van der Waals surface area contributed by atoms with E-state index in [1.54, 1.807) is 0 Å². The summed E-state index contributed by atoms with van der Waals surface area (Å²) in [5, 5.41) is 12.4. The van der Waals surface area contributed by atoms with E-state index < -0.39 is 10.8 Å². The summed E-state index contributed by atoms with van der Waals surface area (Å²) in [5.74, 6) is 1.06. The summed E-state index contributed by atoms with van der Waals surface area (Å²) in [7, 11) is -0.820. The summed E-state index contributed by atoms with van der Waals surface area (Å²) < 4.78 is 11.6. The van der Waals surface area contributed by atoms with Gasteiger partial charge in [0, 0.05) is 36.1 Å². The Labute approximate surface area is 138 Å². The van der Waals surface area contributed by atoms with E-state index in [9.17, 15) is 9.00 Å². The molecule has 1 saturated heterocycles. The lowest BCUT2D eigenvalue weighted by atomic mass is 10.1. The Morgan fingerprint density at radius 1 is 1.45 bits per heavy atom. The first kappa shape index (κ1) is 17.5. The number of carbonyl (C=O) groups is 1. The Kier molecular flexibility index (Phi) is 5.68. The lowest BCUT2D eigenvalue weighted by Gasteiger charge is -2.36. The van der Waals surface area contributed by atoms with E-state index in [-0.39, 0.29) is 10.7 Å². The van der Waals surface area contributed by atoms with Crippen molar-refractivity contribution in [1.29, 1.82) is 0 Å². The highest BCUT2D eigenvalue weighted by atomic mass is 32.2. The molecule has 0 saturated carbocycles. The van der Waals surface area contributed by atoms with Gasteiger partial charge < -0.3 is 0 Å². The lowest BCUT2D eigenvalue weighted by Crippen LogP contribution is -2.51. The second kappa shape index (κ2) is 7.14. The monoisotopic (exact) mass is 344 g/mol. The van der Waals surface area contributed by atoms with Crippen LogP contribution in [-0.2, 0) is 22.0 Å². The number of amides is 1. The normalized spacial score (nSPS) is 22.0. The number of nitrogens with one attached hydrogen (secondary N) is 1. The fourth-order valence-corrected chi connectivity index (χ4v) is 4.68. The number of nitrogens with zero attached hydrogens (tertiary/aromatic N) is 3. The molecule has 0 aliphatic carbocycles. The van der Waals surface area contributed by atoms with Gasteiger partial charge in [-0.2, -0.15) is 0 Å². The van der Waals surface area contributed by atoms with E-state index in [1.165, 1.54) is 11.3 Å². The Balaban J connectivity index is 1.85. The number of aromatic nitrogens is 2. The van der Waals surface area contributed by atoms with Crippen molar-refractivity contribution < 1.29 is 9.00 Å². The first-order valence-electron chi connectivity index (χ1n) is 7.49. The highest BCUT2D eigenvalue weighted by molar-refractivity contribution is 7.86. The highest BCUT2D eigenvalue weighted by Gasteiger charge is 2.33. The molecule has 0 radical (unpaired) electrons. The predicted octanol–water partition coefficient (Wildman–Crippen LogP) is 1.52. The van der Waals surface area contributed by atoms with Crippen molar-refractivity contribution in [2.45, 2.75) is 38.9 Å². The van der Waals surface area contributed by atoms with Crippen LogP contribution in [0.3, 0.4) is 0 Å². The van der Waals surface area contributed by atoms with Crippen LogP contribution in [0, 0.1) is 5.92 Å². The number of rotatable bonds is 5. The zero-order valence-corrected chi connectivity index (χ0v) is 15.2. The molecule has 0 spiro atoms. The SMILES string of the molecule is CC(C)Cc1nnc(NC(=O)CN2CC[S@@](=O)C(C)(C)C2)s1. The van der Waals surface area contributed by atoms with Crippen LogP contribution < -0.4 is 5.32 Å². The summed E-state index contributed by atoms with van der Waals surface area (Å²) in [5.41, 5.74) is 0. The van der Waals surface area contributed by atoms with Crippen molar-refractivity contribution >= 4 is 33.2 Å². The molecule has 0 bridgehead atoms. The van der Waals surface area contributed by atoms with Crippen LogP contribution in [0.1, 0.15) is 32.7 Å². The minimum absolute atomic E-state index is 0.0873. The maximum Gasteiger partial charge on any atom is 0.240 e. The van der Waals surface area contributed by atoms with Crippen LogP contribution in [0.5, 0.6) is 0 Å². The summed E-state index contributed by atoms with van der Waals surface area (Å²) in [6.07, 6.45) is 0.875. The number of hydrogen-bond donors (Lipinski definition) is 1. The van der Waals surface area contributed by atoms with Crippen molar-refractivity contribution in [3.8, 4) is 0 Å². The first-order valence-corrected chi connectivity index (χ1v) is 9.63. The molecule has 22 heavy (non-hydrogen) atoms. The minimum Gasteiger partial charge on any atom is -0.299 e. The van der Waals surface area contributed by atoms with Crippen molar-refractivity contribution in [1.82, 2.24) is 15.1 Å². The standard InChI is InChI=1S/C14H24N4O2S2/c1-10(2)7-12-16-17-13(21-12)15-11(19)8-18-5-6-22(20)14(3,4)9-18/h10H,5-9H2,1-4H3,(H,15,17,19)/t22-/m1/s1. The van der Waals surface area contributed by atoms with Crippen molar-refractivity contribution in [3.63, 3.8) is 0 Å². The topological polar surface area (TPSA) is 75.2 Å². The maximum absolute atomic E-state index is 12.1. The third-order valence-corrected chi connectivity index (χ3v) is 6.25. The van der Waals surface area contributed by atoms with Gasteiger partial charge in [0.15, 0.2) is 0 Å². The maximum atomic E-state index is 12.1. The van der Waals surface area contributed by atoms with Gasteiger partial charge in [-0.05, 0) is 19.8 Å². The molecule has 1 aliphatic rings. The predicted molar refractivity (Wildman–Crippen MR) is 90.6 cm³/mol. The Bertz CT molecular complexity index is 557. The quantitative estimate of drug-likeness (QED) is 0.876. The molecule has 1 aliphatic heterocycles. The molecule has 8 heteroatoms. The fraction of sp³-hybridized carbons (Fsp3) is 0.786. The molecule has 124 valence electrons. The molecule has 0 aromatic carbocycles. The number of anilines is 1. The molecular formula is C14H24N4O2S2. The van der Waals surface area contributed by atoms with E-state index >= 15 is 0 Å². The largest absolute Gasteiger partial charge is 0.299 e. The zero-order chi connectivity index (χ0) is 16.3. The molecule has 2 rings (SSSR count). The molecular weight excluding hydrogens is 320 g/mol. The van der Waals surface area contributed by atoms with E-state index in [1.807, 2.05) is 18.7 Å². The Hall–Kier alpha value is -0.860. The van der Waals surface area contributed by atoms with Crippen LogP contribution in [0.25, 0.3) is 0 Å². The first-order chi connectivity index (χ1) is 10.3. The van der Waals surface area contributed by atoms with Gasteiger partial charge in [0.1, 0.15) is 5.01 Å². The highest BCUT2D eigenvalue weighted by Crippen LogP contribution is 2.21. The average Bonchev–Trinajstić information content (AvgIpc) is 2.79. The van der Waals surface area contributed by atoms with Gasteiger partial charge in [0.2, 0.25) is 11.0 Å². The Morgan fingerprint density at radius 3 is 2.82 bits per heavy atom. The fourth-order valence-electron chi connectivity index (χ4n) is 2.41. The number of carbonyl (C=O) groups excluding carboxylic acids is 1. The summed E-state index contributed by atoms with van der Waals surface area (Å²) in [6, 6.07) is 0. The van der Waals surface area contributed by atoms with Crippen LogP contribution in [0.2, 0.25) is 0 Å². The smallest absolute Gasteiger partial charge is 0.240 e. The van der Waals surface area contributed by atoms with Crippen LogP contribution in [0.15, 0.2) is 0 Å². The lowest BCUT2D eigenvalue weighted by molar-refractivity contribution is -0.117. The second-order valence-electron chi connectivity index (χ2n) is 6.67. The molecule has 1 aromatic heterocycles. The van der Waals surface area contributed by atoms with E-state index in [0.717, 1.165) is 11.4 Å². The summed E-state index contributed by atoms with van der Waals surface area (Å²) >= 11 is 1.43. The number of hydrogen-bond acceptors (Lipinski definition) is 6. The molecule has 1 atom stereocenters. The average molecular weight is 345 g/mol. The molecule has 1 amide bonds. The van der Waals surface area contributed by atoms with E-state index in [4.69, 9.17) is 0 Å². The van der Waals surface area contributed by atoms with Crippen LogP contribution in [0.4, 0.5) is 5.13 Å². The molecule has 0 unspecified atom stereocenters. The van der Waals surface area contributed by atoms with Gasteiger partial charge in [0.05, 0.1) is 11.3 Å². The van der Waals surface area contributed by atoms with Crippen LogP contribution >= 0.6 is 11.3 Å². The van der Waals surface area contributed by atoms with Crippen LogP contribution in [-0.4, -0.2) is 55.3 Å². The van der Waals surface area contributed by atoms with Gasteiger partial charge >= 0.3 is 0 Å². The molecule has 1 N–H and O–H groups in total. The van der Waals surface area contributed by atoms with E-state index in [2.05, 4.69) is 29.4 Å². The van der Waals surface area contributed by atoms with Crippen molar-refractivity contribution in [2.75, 3.05) is 30.7 Å². The minimum atomic E-state index is -0.820. The summed E-state index contributed by atoms with van der Waals surface area (Å²) in [6.45, 7) is 9.88. The summed E-state index contributed by atoms with van der Waals surface area (Å²) in [4.78, 5) is 14.2. The van der Waals surface area contributed by atoms with Crippen molar-refractivity contribution in [2.24, 2.45) is 5.92 Å². The molecule has 2 heterocycles. The van der Waals surface area contributed by atoms with Gasteiger partial charge in [-0.1, -0.05) is 25.2 Å². The van der Waals surface area contributed by atoms with E-state index in [0.29, 0.717) is 36.4 Å². The third-order valence-electron chi connectivity index (χ3n) is 3.48. The zero-order valence-electron chi connectivity index (χ0n) is 13.6. The molecule has 1 aromatic rings. The Morgan fingerprint density at radius 2 is 2.18 bits per heavy atom. The van der Waals surface area contributed by atoms with Gasteiger partial charge in [0.25, 0.3) is 0 Å².